The Hall–Kier alpha value is -2.59. The van der Waals surface area contributed by atoms with Crippen LogP contribution in [0.15, 0.2) is 59.6 Å². The maximum Gasteiger partial charge on any atom is 0.404 e. The second kappa shape index (κ2) is 11.4. The van der Waals surface area contributed by atoms with Crippen LogP contribution in [0.5, 0.6) is 0 Å². The van der Waals surface area contributed by atoms with E-state index < -0.39 is 23.0 Å². The Kier molecular flexibility index (Phi) is 8.33. The molecular formula is C24H21Cl2F2N3O3S. The summed E-state index contributed by atoms with van der Waals surface area (Å²) in [4.78, 5) is 18.0. The lowest BCUT2D eigenvalue weighted by atomic mass is 10.0. The van der Waals surface area contributed by atoms with Crippen LogP contribution in [0.2, 0.25) is 10.0 Å². The lowest BCUT2D eigenvalue weighted by Crippen LogP contribution is -2.47. The number of carboxylic acid groups (broad SMARTS) is 1. The van der Waals surface area contributed by atoms with Gasteiger partial charge in [-0.25, -0.2) is 18.6 Å². The van der Waals surface area contributed by atoms with Crippen molar-refractivity contribution in [1.29, 1.82) is 0 Å². The number of nitrogens with one attached hydrogen (secondary N) is 1. The largest absolute Gasteiger partial charge is 0.465 e. The minimum atomic E-state index is -1.13. The highest BCUT2D eigenvalue weighted by molar-refractivity contribution is 7.99. The molecule has 0 saturated carbocycles. The minimum Gasteiger partial charge on any atom is -0.465 e. The number of carbonyl (C=O) groups is 1. The van der Waals surface area contributed by atoms with Crippen molar-refractivity contribution in [2.24, 2.45) is 0 Å². The number of hydrogen-bond donors (Lipinski definition) is 2. The van der Waals surface area contributed by atoms with E-state index in [4.69, 9.17) is 33.0 Å². The summed E-state index contributed by atoms with van der Waals surface area (Å²) < 4.78 is 34.7. The molecule has 0 aliphatic carbocycles. The second-order valence-corrected chi connectivity index (χ2v) is 9.83. The van der Waals surface area contributed by atoms with Gasteiger partial charge in [0.05, 0.1) is 23.0 Å². The number of nitrogens with zero attached hydrogens (tertiary/aromatic N) is 2. The zero-order valence-corrected chi connectivity index (χ0v) is 20.6. The van der Waals surface area contributed by atoms with Crippen molar-refractivity contribution in [2.45, 2.75) is 16.2 Å². The maximum atomic E-state index is 14.9. The molecule has 0 bridgehead atoms. The van der Waals surface area contributed by atoms with Gasteiger partial charge in [0.1, 0.15) is 17.5 Å². The number of hydrogen-bond acceptors (Lipinski definition) is 5. The number of rotatable bonds is 7. The van der Waals surface area contributed by atoms with Gasteiger partial charge in [0.25, 0.3) is 0 Å². The van der Waals surface area contributed by atoms with Gasteiger partial charge in [-0.3, -0.25) is 0 Å². The maximum absolute atomic E-state index is 14.9. The van der Waals surface area contributed by atoms with Crippen LogP contribution < -0.4 is 10.2 Å². The predicted molar refractivity (Wildman–Crippen MR) is 133 cm³/mol. The zero-order valence-electron chi connectivity index (χ0n) is 18.3. The Balaban J connectivity index is 1.69. The van der Waals surface area contributed by atoms with Crippen LogP contribution in [0.25, 0.3) is 0 Å². The van der Waals surface area contributed by atoms with Gasteiger partial charge in [0.2, 0.25) is 0 Å². The zero-order chi connectivity index (χ0) is 24.9. The predicted octanol–water partition coefficient (Wildman–Crippen LogP) is 6.02. The van der Waals surface area contributed by atoms with Crippen molar-refractivity contribution in [3.8, 4) is 0 Å². The standard InChI is InChI=1S/C24H21Cl2F2N3O3S/c25-14-1-4-17(5-2-14)35-23(19-9-15(27)3-6-21(19)28)18-10-22(29-12-20(18)26)31-7-8-34-16(13-31)11-30-24(32)33/h1-6,9-10,12,16,23,30H,7-8,11,13H2,(H,32,33). The smallest absolute Gasteiger partial charge is 0.404 e. The SMILES string of the molecule is O=C(O)NCC1CN(c2cc(C(Sc3ccc(Cl)cc3)c3cc(F)ccc3F)c(Cl)cn2)CCO1. The van der Waals surface area contributed by atoms with Crippen LogP contribution >= 0.6 is 35.0 Å². The molecule has 3 aromatic rings. The molecule has 2 atom stereocenters. The number of ether oxygens (including phenoxy) is 1. The molecule has 0 spiro atoms. The first-order valence-corrected chi connectivity index (χ1v) is 12.3. The highest BCUT2D eigenvalue weighted by Crippen LogP contribution is 2.45. The molecule has 2 heterocycles. The van der Waals surface area contributed by atoms with Crippen LogP contribution in [-0.4, -0.2) is 48.5 Å². The van der Waals surface area contributed by atoms with E-state index in [9.17, 15) is 13.6 Å². The van der Waals surface area contributed by atoms with Crippen LogP contribution in [0, 0.1) is 11.6 Å². The van der Waals surface area contributed by atoms with Crippen molar-refractivity contribution in [3.63, 3.8) is 0 Å². The molecule has 35 heavy (non-hydrogen) atoms. The van der Waals surface area contributed by atoms with Gasteiger partial charge in [0.15, 0.2) is 0 Å². The van der Waals surface area contributed by atoms with E-state index >= 15 is 0 Å². The molecule has 1 amide bonds. The normalized spacial score (nSPS) is 16.7. The highest BCUT2D eigenvalue weighted by Gasteiger charge is 2.27. The quantitative estimate of drug-likeness (QED) is 0.357. The van der Waals surface area contributed by atoms with E-state index in [1.54, 1.807) is 30.3 Å². The average Bonchev–Trinajstić information content (AvgIpc) is 2.85. The summed E-state index contributed by atoms with van der Waals surface area (Å²) in [5, 5.41) is 11.4. The van der Waals surface area contributed by atoms with Crippen molar-refractivity contribution in [2.75, 3.05) is 31.1 Å². The summed E-state index contributed by atoms with van der Waals surface area (Å²) in [7, 11) is 0. The number of amides is 1. The Morgan fingerprint density at radius 1 is 1.20 bits per heavy atom. The topological polar surface area (TPSA) is 74.7 Å². The summed E-state index contributed by atoms with van der Waals surface area (Å²) in [6.45, 7) is 1.45. The monoisotopic (exact) mass is 539 g/mol. The number of aromatic nitrogens is 1. The first-order chi connectivity index (χ1) is 16.8. The lowest BCUT2D eigenvalue weighted by Gasteiger charge is -2.34. The third kappa shape index (κ3) is 6.55. The molecule has 1 aliphatic rings. The molecular weight excluding hydrogens is 519 g/mol. The number of anilines is 1. The number of pyridine rings is 1. The first-order valence-electron chi connectivity index (χ1n) is 10.7. The van der Waals surface area contributed by atoms with Gasteiger partial charge in [-0.1, -0.05) is 23.2 Å². The second-order valence-electron chi connectivity index (χ2n) is 7.81. The Labute approximate surface area is 215 Å². The molecule has 11 heteroatoms. The Morgan fingerprint density at radius 2 is 1.97 bits per heavy atom. The van der Waals surface area contributed by atoms with E-state index in [1.165, 1.54) is 24.0 Å². The molecule has 2 N–H and O–H groups in total. The van der Waals surface area contributed by atoms with E-state index in [0.29, 0.717) is 41.1 Å². The number of morpholine rings is 1. The Bertz CT molecular complexity index is 1200. The number of thioether (sulfide) groups is 1. The molecule has 184 valence electrons. The summed E-state index contributed by atoms with van der Waals surface area (Å²) in [5.74, 6) is -0.541. The van der Waals surface area contributed by atoms with E-state index in [0.717, 1.165) is 17.0 Å². The first kappa shape index (κ1) is 25.5. The van der Waals surface area contributed by atoms with Crippen LogP contribution in [0.3, 0.4) is 0 Å². The van der Waals surface area contributed by atoms with Gasteiger partial charge in [-0.05, 0) is 54.1 Å². The molecule has 1 aliphatic heterocycles. The van der Waals surface area contributed by atoms with Crippen molar-refractivity contribution >= 4 is 46.9 Å². The highest BCUT2D eigenvalue weighted by atomic mass is 35.5. The molecule has 6 nitrogen and oxygen atoms in total. The fraction of sp³-hybridized carbons (Fsp3) is 0.250. The summed E-state index contributed by atoms with van der Waals surface area (Å²) in [6.07, 6.45) is -0.00350. The third-order valence-electron chi connectivity index (χ3n) is 5.40. The summed E-state index contributed by atoms with van der Waals surface area (Å²) in [5.41, 5.74) is 0.710. The van der Waals surface area contributed by atoms with Crippen molar-refractivity contribution in [3.05, 3.63) is 87.5 Å². The Morgan fingerprint density at radius 3 is 2.71 bits per heavy atom. The molecule has 2 unspecified atom stereocenters. The van der Waals surface area contributed by atoms with Crippen LogP contribution in [0.1, 0.15) is 16.4 Å². The lowest BCUT2D eigenvalue weighted by molar-refractivity contribution is 0.0408. The third-order valence-corrected chi connectivity index (χ3v) is 7.26. The number of benzene rings is 2. The van der Waals surface area contributed by atoms with Gasteiger partial charge >= 0.3 is 6.09 Å². The molecule has 1 fully saturated rings. The van der Waals surface area contributed by atoms with Gasteiger partial charge in [-0.2, -0.15) is 0 Å². The summed E-state index contributed by atoms with van der Waals surface area (Å²) in [6, 6.07) is 12.1. The van der Waals surface area contributed by atoms with Gasteiger partial charge < -0.3 is 20.1 Å². The average molecular weight is 540 g/mol. The van der Waals surface area contributed by atoms with Crippen LogP contribution in [-0.2, 0) is 4.74 Å². The molecule has 1 aromatic heterocycles. The van der Waals surface area contributed by atoms with E-state index in [-0.39, 0.29) is 18.2 Å². The summed E-state index contributed by atoms with van der Waals surface area (Å²) >= 11 is 13.9. The molecule has 0 radical (unpaired) electrons. The fourth-order valence-electron chi connectivity index (χ4n) is 3.73. The van der Waals surface area contributed by atoms with E-state index in [1.807, 2.05) is 4.90 Å². The van der Waals surface area contributed by atoms with Gasteiger partial charge in [0, 0.05) is 41.3 Å². The number of halogens is 4. The molecule has 4 rings (SSSR count). The van der Waals surface area contributed by atoms with E-state index in [2.05, 4.69) is 10.3 Å². The van der Waals surface area contributed by atoms with Crippen molar-refractivity contribution < 1.29 is 23.4 Å². The minimum absolute atomic E-state index is 0.135. The molecule has 2 aromatic carbocycles. The van der Waals surface area contributed by atoms with Crippen LogP contribution in [0.4, 0.5) is 19.4 Å². The van der Waals surface area contributed by atoms with Gasteiger partial charge in [-0.15, -0.1) is 11.8 Å². The van der Waals surface area contributed by atoms with Crippen molar-refractivity contribution in [1.82, 2.24) is 10.3 Å². The fourth-order valence-corrected chi connectivity index (χ4v) is 5.33. The molecule has 1 saturated heterocycles.